The third-order valence-corrected chi connectivity index (χ3v) is 5.25. The molecule has 0 unspecified atom stereocenters. The van der Waals surface area contributed by atoms with Crippen molar-refractivity contribution >= 4 is 11.5 Å². The first-order valence-electron chi connectivity index (χ1n) is 11.4. The lowest BCUT2D eigenvalue weighted by Gasteiger charge is -2.15. The van der Waals surface area contributed by atoms with Gasteiger partial charge >= 0.3 is 5.97 Å². The van der Waals surface area contributed by atoms with E-state index in [1.165, 1.54) is 5.56 Å². The van der Waals surface area contributed by atoms with Crippen LogP contribution >= 0.6 is 0 Å². The highest BCUT2D eigenvalue weighted by atomic mass is 16.6. The number of carbonyl (C=O) groups is 1. The zero-order valence-corrected chi connectivity index (χ0v) is 19.6. The number of rotatable bonds is 11. The molecule has 3 rings (SSSR count). The molecule has 0 bridgehead atoms. The van der Waals surface area contributed by atoms with Crippen molar-refractivity contribution in [1.82, 2.24) is 0 Å². The lowest BCUT2D eigenvalue weighted by molar-refractivity contribution is -0.156. The summed E-state index contributed by atoms with van der Waals surface area (Å²) in [6.07, 6.45) is 1.99. The molecule has 0 radical (unpaired) electrons. The molecule has 0 N–H and O–H groups in total. The van der Waals surface area contributed by atoms with Gasteiger partial charge in [-0.2, -0.15) is 0 Å². The van der Waals surface area contributed by atoms with Crippen LogP contribution in [-0.4, -0.2) is 31.9 Å². The van der Waals surface area contributed by atoms with Crippen molar-refractivity contribution in [3.63, 3.8) is 0 Å². The monoisotopic (exact) mass is 444 g/mol. The molecule has 33 heavy (non-hydrogen) atoms. The van der Waals surface area contributed by atoms with Crippen LogP contribution in [0.2, 0.25) is 0 Å². The average Bonchev–Trinajstić information content (AvgIpc) is 2.84. The van der Waals surface area contributed by atoms with E-state index in [1.807, 2.05) is 49.4 Å². The Kier molecular flexibility index (Phi) is 9.28. The summed E-state index contributed by atoms with van der Waals surface area (Å²) in [6, 6.07) is 26.6. The Bertz CT molecular complexity index is 1020. The van der Waals surface area contributed by atoms with E-state index >= 15 is 0 Å². The summed E-state index contributed by atoms with van der Waals surface area (Å²) < 4.78 is 16.7. The first-order chi connectivity index (χ1) is 16.1. The number of carbonyl (C=O) groups excluding carboxylic acids is 1. The molecular weight excluding hydrogens is 412 g/mol. The van der Waals surface area contributed by atoms with E-state index in [4.69, 9.17) is 14.2 Å². The minimum absolute atomic E-state index is 0.325. The van der Waals surface area contributed by atoms with Crippen LogP contribution < -0.4 is 4.74 Å². The van der Waals surface area contributed by atoms with Crippen LogP contribution in [0.5, 0.6) is 5.75 Å². The van der Waals surface area contributed by atoms with Crippen molar-refractivity contribution in [2.24, 2.45) is 0 Å². The quantitative estimate of drug-likeness (QED) is 0.340. The van der Waals surface area contributed by atoms with Gasteiger partial charge in [-0.3, -0.25) is 0 Å². The Balaban J connectivity index is 1.67. The maximum Gasteiger partial charge on any atom is 0.335 e. The summed E-state index contributed by atoms with van der Waals surface area (Å²) in [5.74, 6) is 0.449. The molecule has 0 saturated carbocycles. The van der Waals surface area contributed by atoms with Crippen molar-refractivity contribution in [1.29, 1.82) is 0 Å². The predicted octanol–water partition coefficient (Wildman–Crippen LogP) is 6.02. The van der Waals surface area contributed by atoms with E-state index in [1.54, 1.807) is 6.92 Å². The van der Waals surface area contributed by atoms with E-state index in [-0.39, 0.29) is 5.97 Å². The minimum atomic E-state index is -0.590. The van der Waals surface area contributed by atoms with Crippen LogP contribution in [0.3, 0.4) is 0 Å². The lowest BCUT2D eigenvalue weighted by Crippen LogP contribution is -2.28. The Morgan fingerprint density at radius 3 is 2.15 bits per heavy atom. The molecule has 0 fully saturated rings. The van der Waals surface area contributed by atoms with Crippen LogP contribution in [0, 0.1) is 6.92 Å². The standard InChI is InChI=1S/C29H32O4/c1-4-31-28(29(30)32-5-2)21-23-13-17-26(18-14-23)33-20-19-27(24-9-7-6-8-10-24)25-15-11-22(3)12-16-25/h6-19,28H,4-5,20-21H2,1-3H3/t28-/m0/s1. The van der Waals surface area contributed by atoms with Crippen LogP contribution in [-0.2, 0) is 20.7 Å². The number of hydrogen-bond donors (Lipinski definition) is 0. The Morgan fingerprint density at radius 1 is 0.848 bits per heavy atom. The fraction of sp³-hybridized carbons (Fsp3) is 0.276. The Morgan fingerprint density at radius 2 is 1.52 bits per heavy atom. The number of ether oxygens (including phenoxy) is 3. The third-order valence-electron chi connectivity index (χ3n) is 5.25. The van der Waals surface area contributed by atoms with Crippen molar-refractivity contribution in [3.8, 4) is 5.75 Å². The second-order valence-corrected chi connectivity index (χ2v) is 7.70. The van der Waals surface area contributed by atoms with Crippen LogP contribution in [0.1, 0.15) is 36.1 Å². The number of aryl methyl sites for hydroxylation is 1. The summed E-state index contributed by atoms with van der Waals surface area (Å²) in [6.45, 7) is 7.01. The average molecular weight is 445 g/mol. The maximum absolute atomic E-state index is 12.1. The molecule has 3 aromatic carbocycles. The molecule has 4 nitrogen and oxygen atoms in total. The smallest absolute Gasteiger partial charge is 0.335 e. The lowest BCUT2D eigenvalue weighted by atomic mass is 9.97. The highest BCUT2D eigenvalue weighted by molar-refractivity contribution is 5.80. The van der Waals surface area contributed by atoms with E-state index in [2.05, 4.69) is 49.4 Å². The van der Waals surface area contributed by atoms with Crippen molar-refractivity contribution in [2.45, 2.75) is 33.3 Å². The number of benzene rings is 3. The van der Waals surface area contributed by atoms with Gasteiger partial charge in [-0.05, 0) is 61.2 Å². The number of esters is 1. The normalized spacial score (nSPS) is 12.3. The van der Waals surface area contributed by atoms with Crippen LogP contribution in [0.15, 0.2) is 84.9 Å². The summed E-state index contributed by atoms with van der Waals surface area (Å²) in [4.78, 5) is 12.1. The zero-order valence-electron chi connectivity index (χ0n) is 19.6. The van der Waals surface area contributed by atoms with Crippen LogP contribution in [0.25, 0.3) is 5.57 Å². The molecule has 0 aliphatic rings. The SMILES string of the molecule is CCOC(=O)[C@H](Cc1ccc(OCC=C(c2ccccc2)c2ccc(C)cc2)cc1)OCC. The first kappa shape index (κ1) is 24.3. The maximum atomic E-state index is 12.1. The van der Waals surface area contributed by atoms with Gasteiger partial charge in [-0.1, -0.05) is 72.3 Å². The molecule has 3 aromatic rings. The zero-order chi connectivity index (χ0) is 23.5. The molecule has 172 valence electrons. The van der Waals surface area contributed by atoms with Crippen molar-refractivity contribution in [2.75, 3.05) is 19.8 Å². The molecule has 0 saturated heterocycles. The molecule has 0 aliphatic heterocycles. The Labute approximate surface area is 196 Å². The Hall–Kier alpha value is -3.37. The minimum Gasteiger partial charge on any atom is -0.490 e. The van der Waals surface area contributed by atoms with Gasteiger partial charge in [0.2, 0.25) is 0 Å². The summed E-state index contributed by atoms with van der Waals surface area (Å²) in [5.41, 5.74) is 5.68. The first-order valence-corrected chi connectivity index (χ1v) is 11.4. The third kappa shape index (κ3) is 7.33. The fourth-order valence-corrected chi connectivity index (χ4v) is 3.56. The van der Waals surface area contributed by atoms with E-state index < -0.39 is 6.10 Å². The van der Waals surface area contributed by atoms with Gasteiger partial charge in [0.25, 0.3) is 0 Å². The van der Waals surface area contributed by atoms with Gasteiger partial charge in [0.15, 0.2) is 6.10 Å². The van der Waals surface area contributed by atoms with Crippen molar-refractivity contribution < 1.29 is 19.0 Å². The van der Waals surface area contributed by atoms with Gasteiger partial charge < -0.3 is 14.2 Å². The molecule has 4 heteroatoms. The molecule has 0 aliphatic carbocycles. The van der Waals surface area contributed by atoms with Crippen LogP contribution in [0.4, 0.5) is 0 Å². The van der Waals surface area contributed by atoms with E-state index in [0.29, 0.717) is 26.2 Å². The molecule has 0 amide bonds. The second-order valence-electron chi connectivity index (χ2n) is 7.70. The molecular formula is C29H32O4. The predicted molar refractivity (Wildman–Crippen MR) is 132 cm³/mol. The molecule has 0 heterocycles. The topological polar surface area (TPSA) is 44.8 Å². The fourth-order valence-electron chi connectivity index (χ4n) is 3.56. The summed E-state index contributed by atoms with van der Waals surface area (Å²) in [7, 11) is 0. The second kappa shape index (κ2) is 12.6. The van der Waals surface area contributed by atoms with Gasteiger partial charge in [0, 0.05) is 13.0 Å². The highest BCUT2D eigenvalue weighted by Gasteiger charge is 2.20. The summed E-state index contributed by atoms with van der Waals surface area (Å²) in [5, 5.41) is 0. The molecule has 0 spiro atoms. The van der Waals surface area contributed by atoms with Gasteiger partial charge in [0.05, 0.1) is 6.61 Å². The van der Waals surface area contributed by atoms with E-state index in [0.717, 1.165) is 28.0 Å². The van der Waals surface area contributed by atoms with E-state index in [9.17, 15) is 4.79 Å². The van der Waals surface area contributed by atoms with Crippen molar-refractivity contribution in [3.05, 3.63) is 107 Å². The molecule has 1 atom stereocenters. The van der Waals surface area contributed by atoms with Gasteiger partial charge in [0.1, 0.15) is 12.4 Å². The highest BCUT2D eigenvalue weighted by Crippen LogP contribution is 2.24. The van der Waals surface area contributed by atoms with Gasteiger partial charge in [-0.25, -0.2) is 4.79 Å². The number of hydrogen-bond acceptors (Lipinski definition) is 4. The largest absolute Gasteiger partial charge is 0.490 e. The van der Waals surface area contributed by atoms with Gasteiger partial charge in [-0.15, -0.1) is 0 Å². The summed E-state index contributed by atoms with van der Waals surface area (Å²) >= 11 is 0. The molecule has 0 aromatic heterocycles.